The van der Waals surface area contributed by atoms with Gasteiger partial charge in [-0.15, -0.1) is 0 Å². The molecule has 6 nitrogen and oxygen atoms in total. The molecule has 116 valence electrons. The van der Waals surface area contributed by atoms with E-state index in [9.17, 15) is 14.7 Å². The van der Waals surface area contributed by atoms with Crippen LogP contribution < -0.4 is 0 Å². The molecule has 0 fully saturated rings. The molecule has 1 N–H and O–H groups in total. The van der Waals surface area contributed by atoms with E-state index >= 15 is 0 Å². The maximum atomic E-state index is 12.5. The van der Waals surface area contributed by atoms with E-state index in [-0.39, 0.29) is 6.03 Å². The molecule has 1 aromatic rings. The molecule has 0 atom stereocenters. The molecular formula is C15H23N3O3. The van der Waals surface area contributed by atoms with Crippen molar-refractivity contribution >= 4 is 12.0 Å². The van der Waals surface area contributed by atoms with Gasteiger partial charge >= 0.3 is 12.0 Å². The molecule has 21 heavy (non-hydrogen) atoms. The fourth-order valence-electron chi connectivity index (χ4n) is 1.79. The van der Waals surface area contributed by atoms with Gasteiger partial charge in [-0.3, -0.25) is 4.98 Å². The van der Waals surface area contributed by atoms with Crippen LogP contribution >= 0.6 is 0 Å². The lowest BCUT2D eigenvalue weighted by Gasteiger charge is -2.35. The van der Waals surface area contributed by atoms with Crippen molar-refractivity contribution in [2.45, 2.75) is 39.8 Å². The number of rotatable bonds is 5. The highest BCUT2D eigenvalue weighted by molar-refractivity contribution is 5.85. The van der Waals surface area contributed by atoms with E-state index < -0.39 is 11.5 Å². The molecule has 1 heterocycles. The Morgan fingerprint density at radius 2 is 1.95 bits per heavy atom. The summed E-state index contributed by atoms with van der Waals surface area (Å²) < 4.78 is 0. The quantitative estimate of drug-likeness (QED) is 0.902. The molecule has 0 aliphatic rings. The molecule has 0 aliphatic heterocycles. The molecule has 6 heteroatoms. The minimum atomic E-state index is -1.26. The van der Waals surface area contributed by atoms with Crippen LogP contribution in [0.2, 0.25) is 0 Å². The number of carbonyl (C=O) groups is 2. The number of hydrogen-bond acceptors (Lipinski definition) is 3. The van der Waals surface area contributed by atoms with Gasteiger partial charge in [-0.25, -0.2) is 9.59 Å². The minimum absolute atomic E-state index is 0.326. The average Bonchev–Trinajstić information content (AvgIpc) is 2.43. The molecule has 2 amide bonds. The molecule has 0 saturated carbocycles. The van der Waals surface area contributed by atoms with E-state index in [0.29, 0.717) is 13.1 Å². The topological polar surface area (TPSA) is 73.7 Å². The van der Waals surface area contributed by atoms with E-state index in [1.807, 2.05) is 32.0 Å². The van der Waals surface area contributed by atoms with Crippen LogP contribution in [0.5, 0.6) is 0 Å². The zero-order valence-electron chi connectivity index (χ0n) is 13.3. The first kappa shape index (κ1) is 16.9. The number of likely N-dealkylation sites (N-methyl/N-ethyl adjacent to an activating group) is 1. The highest BCUT2D eigenvalue weighted by atomic mass is 16.4. The summed E-state index contributed by atoms with van der Waals surface area (Å²) in [4.78, 5) is 30.9. The Balaban J connectivity index is 2.89. The fraction of sp³-hybridized carbons (Fsp3) is 0.533. The first-order chi connectivity index (χ1) is 9.70. The van der Waals surface area contributed by atoms with Crippen LogP contribution in [0.25, 0.3) is 0 Å². The van der Waals surface area contributed by atoms with Crippen LogP contribution in [0.1, 0.15) is 32.2 Å². The minimum Gasteiger partial charge on any atom is -0.480 e. The van der Waals surface area contributed by atoms with Gasteiger partial charge in [-0.2, -0.15) is 0 Å². The lowest BCUT2D eigenvalue weighted by atomic mass is 10.0. The SMILES string of the molecule is CCN(Cc1cccc(C)n1)C(=O)N(C)C(C)(C)C(=O)O. The summed E-state index contributed by atoms with van der Waals surface area (Å²) in [5.41, 5.74) is 0.409. The van der Waals surface area contributed by atoms with Crippen LogP contribution in [0.15, 0.2) is 18.2 Å². The molecule has 0 radical (unpaired) electrons. The smallest absolute Gasteiger partial charge is 0.329 e. The summed E-state index contributed by atoms with van der Waals surface area (Å²) in [7, 11) is 1.50. The standard InChI is InChI=1S/C15H23N3O3/c1-6-18(10-12-9-7-8-11(2)16-12)14(21)17(5)15(3,4)13(19)20/h7-9H,6,10H2,1-5H3,(H,19,20). The van der Waals surface area contributed by atoms with Gasteiger partial charge in [0.05, 0.1) is 12.2 Å². The van der Waals surface area contributed by atoms with Gasteiger partial charge < -0.3 is 14.9 Å². The number of pyridine rings is 1. The van der Waals surface area contributed by atoms with Gasteiger partial charge in [0.2, 0.25) is 0 Å². The lowest BCUT2D eigenvalue weighted by Crippen LogP contribution is -2.54. The zero-order chi connectivity index (χ0) is 16.2. The summed E-state index contributed by atoms with van der Waals surface area (Å²) >= 11 is 0. The Morgan fingerprint density at radius 3 is 2.43 bits per heavy atom. The van der Waals surface area contributed by atoms with Crippen molar-refractivity contribution in [3.63, 3.8) is 0 Å². The number of aliphatic carboxylic acids is 1. The first-order valence-electron chi connectivity index (χ1n) is 6.88. The number of hydrogen-bond donors (Lipinski definition) is 1. The highest BCUT2D eigenvalue weighted by Gasteiger charge is 2.36. The molecule has 0 unspecified atom stereocenters. The fourth-order valence-corrected chi connectivity index (χ4v) is 1.79. The van der Waals surface area contributed by atoms with Crippen LogP contribution in [0, 0.1) is 6.92 Å². The first-order valence-corrected chi connectivity index (χ1v) is 6.88. The van der Waals surface area contributed by atoms with Gasteiger partial charge in [-0.1, -0.05) is 6.07 Å². The molecule has 0 aliphatic carbocycles. The van der Waals surface area contributed by atoms with Crippen LogP contribution in [-0.2, 0) is 11.3 Å². The molecule has 0 aromatic carbocycles. The van der Waals surface area contributed by atoms with Gasteiger partial charge in [0.15, 0.2) is 0 Å². The largest absolute Gasteiger partial charge is 0.480 e. The van der Waals surface area contributed by atoms with E-state index in [4.69, 9.17) is 0 Å². The molecule has 0 saturated heterocycles. The summed E-state index contributed by atoms with van der Waals surface area (Å²) in [6, 6.07) is 5.31. The average molecular weight is 293 g/mol. The van der Waals surface area contributed by atoms with Crippen molar-refractivity contribution in [1.29, 1.82) is 0 Å². The monoisotopic (exact) mass is 293 g/mol. The summed E-state index contributed by atoms with van der Waals surface area (Å²) in [5, 5.41) is 9.22. The van der Waals surface area contributed by atoms with Gasteiger partial charge in [0, 0.05) is 19.3 Å². The number of carboxylic acids is 1. The number of nitrogens with zero attached hydrogens (tertiary/aromatic N) is 3. The predicted octanol–water partition coefficient (Wildman–Crippen LogP) is 2.13. The second-order valence-electron chi connectivity index (χ2n) is 5.49. The summed E-state index contributed by atoms with van der Waals surface area (Å²) in [6.45, 7) is 7.60. The number of carboxylic acid groups (broad SMARTS) is 1. The third kappa shape index (κ3) is 3.93. The zero-order valence-corrected chi connectivity index (χ0v) is 13.3. The second-order valence-corrected chi connectivity index (χ2v) is 5.49. The maximum absolute atomic E-state index is 12.5. The molecule has 0 spiro atoms. The van der Waals surface area contributed by atoms with Crippen molar-refractivity contribution in [2.24, 2.45) is 0 Å². The lowest BCUT2D eigenvalue weighted by molar-refractivity contribution is -0.147. The third-order valence-electron chi connectivity index (χ3n) is 3.60. The molecule has 0 bridgehead atoms. The molecule has 1 aromatic heterocycles. The molecular weight excluding hydrogens is 270 g/mol. The Kier molecular flexibility index (Phi) is 5.29. The van der Waals surface area contributed by atoms with Crippen molar-refractivity contribution < 1.29 is 14.7 Å². The normalized spacial score (nSPS) is 11.1. The van der Waals surface area contributed by atoms with Crippen LogP contribution in [0.4, 0.5) is 4.79 Å². The number of carbonyl (C=O) groups excluding carboxylic acids is 1. The van der Waals surface area contributed by atoms with Crippen LogP contribution in [-0.4, -0.2) is 51.0 Å². The molecule has 1 rings (SSSR count). The number of aromatic nitrogens is 1. The Hall–Kier alpha value is -2.11. The Labute approximate surface area is 125 Å². The van der Waals surface area contributed by atoms with Crippen molar-refractivity contribution in [3.05, 3.63) is 29.6 Å². The summed E-state index contributed by atoms with van der Waals surface area (Å²) in [5.74, 6) is -1.04. The van der Waals surface area contributed by atoms with E-state index in [0.717, 1.165) is 11.4 Å². The van der Waals surface area contributed by atoms with Crippen molar-refractivity contribution in [2.75, 3.05) is 13.6 Å². The van der Waals surface area contributed by atoms with E-state index in [1.54, 1.807) is 4.90 Å². The van der Waals surface area contributed by atoms with E-state index in [1.165, 1.54) is 25.8 Å². The maximum Gasteiger partial charge on any atom is 0.329 e. The Morgan fingerprint density at radius 1 is 1.33 bits per heavy atom. The number of aryl methyl sites for hydroxylation is 1. The summed E-state index contributed by atoms with van der Waals surface area (Å²) in [6.07, 6.45) is 0. The van der Waals surface area contributed by atoms with Gasteiger partial charge in [-0.05, 0) is 39.8 Å². The van der Waals surface area contributed by atoms with Gasteiger partial charge in [0.1, 0.15) is 5.54 Å². The third-order valence-corrected chi connectivity index (χ3v) is 3.60. The predicted molar refractivity (Wildman–Crippen MR) is 79.9 cm³/mol. The van der Waals surface area contributed by atoms with Crippen LogP contribution in [0.3, 0.4) is 0 Å². The van der Waals surface area contributed by atoms with Crippen molar-refractivity contribution in [1.82, 2.24) is 14.8 Å². The number of urea groups is 1. The number of amides is 2. The highest BCUT2D eigenvalue weighted by Crippen LogP contribution is 2.16. The van der Waals surface area contributed by atoms with Crippen molar-refractivity contribution in [3.8, 4) is 0 Å². The van der Waals surface area contributed by atoms with Gasteiger partial charge in [0.25, 0.3) is 0 Å². The second kappa shape index (κ2) is 6.56. The van der Waals surface area contributed by atoms with E-state index in [2.05, 4.69) is 4.98 Å². The Bertz CT molecular complexity index is 529.